The van der Waals surface area contributed by atoms with Crippen LogP contribution in [0.25, 0.3) is 20.8 Å². The highest BCUT2D eigenvalue weighted by atomic mass is 32.1. The highest BCUT2D eigenvalue weighted by Crippen LogP contribution is 2.48. The predicted molar refractivity (Wildman–Crippen MR) is 115 cm³/mol. The lowest BCUT2D eigenvalue weighted by Crippen LogP contribution is -2.23. The number of fused-ring (bicyclic) bond motifs is 1. The molecule has 1 aromatic carbocycles. The number of thiazole rings is 1. The molecule has 8 heteroatoms. The van der Waals surface area contributed by atoms with Crippen LogP contribution in [0.3, 0.4) is 0 Å². The smallest absolute Gasteiger partial charge is 0.224 e. The van der Waals surface area contributed by atoms with E-state index in [1.807, 2.05) is 25.1 Å². The van der Waals surface area contributed by atoms with Crippen LogP contribution in [-0.4, -0.2) is 51.0 Å². The van der Waals surface area contributed by atoms with Crippen molar-refractivity contribution in [1.82, 2.24) is 15.0 Å². The van der Waals surface area contributed by atoms with Crippen LogP contribution in [0.15, 0.2) is 24.3 Å². The second kappa shape index (κ2) is 7.19. The van der Waals surface area contributed by atoms with Crippen LogP contribution < -0.4 is 10.6 Å². The third kappa shape index (κ3) is 3.56. The van der Waals surface area contributed by atoms with Gasteiger partial charge < -0.3 is 20.8 Å². The van der Waals surface area contributed by atoms with Crippen molar-refractivity contribution in [3.8, 4) is 10.6 Å². The fourth-order valence-corrected chi connectivity index (χ4v) is 4.73. The van der Waals surface area contributed by atoms with Gasteiger partial charge in [0.2, 0.25) is 5.95 Å². The molecule has 2 heterocycles. The number of benzene rings is 1. The minimum absolute atomic E-state index is 0.0174. The predicted octanol–water partition coefficient (Wildman–Crippen LogP) is 3.04. The molecule has 2 fully saturated rings. The second-order valence-corrected chi connectivity index (χ2v) is 9.28. The van der Waals surface area contributed by atoms with E-state index in [2.05, 4.69) is 16.7 Å². The minimum Gasteiger partial charge on any atom is -0.396 e. The van der Waals surface area contributed by atoms with E-state index in [0.717, 1.165) is 38.9 Å². The van der Waals surface area contributed by atoms with E-state index >= 15 is 0 Å². The van der Waals surface area contributed by atoms with E-state index in [1.165, 1.54) is 12.8 Å². The number of hydrogen-bond donors (Lipinski definition) is 4. The van der Waals surface area contributed by atoms with Crippen molar-refractivity contribution in [1.29, 1.82) is 0 Å². The maximum Gasteiger partial charge on any atom is 0.224 e. The monoisotopic (exact) mass is 411 g/mol. The fourth-order valence-electron chi connectivity index (χ4n) is 3.67. The average Bonchev–Trinajstić information content (AvgIpc) is 3.63. The molecule has 0 spiro atoms. The molecular formula is C21H25N5O2S. The Balaban J connectivity index is 1.52. The van der Waals surface area contributed by atoms with Crippen LogP contribution in [0.2, 0.25) is 0 Å². The highest BCUT2D eigenvalue weighted by Gasteiger charge is 2.54. The lowest BCUT2D eigenvalue weighted by molar-refractivity contribution is 0.131. The molecule has 2 aliphatic carbocycles. The number of aliphatic hydroxyl groups excluding tert-OH is 2. The maximum absolute atomic E-state index is 9.69. The molecule has 152 valence electrons. The van der Waals surface area contributed by atoms with Crippen molar-refractivity contribution in [2.45, 2.75) is 32.2 Å². The number of aliphatic hydroxyl groups is 2. The molecule has 0 radical (unpaired) electrons. The first-order valence-corrected chi connectivity index (χ1v) is 10.9. The van der Waals surface area contributed by atoms with E-state index in [1.54, 1.807) is 11.3 Å². The number of aryl methyl sites for hydroxylation is 1. The van der Waals surface area contributed by atoms with Crippen LogP contribution >= 0.6 is 11.3 Å². The molecule has 0 aliphatic heterocycles. The summed E-state index contributed by atoms with van der Waals surface area (Å²) in [6, 6.07) is 8.05. The lowest BCUT2D eigenvalue weighted by Gasteiger charge is -2.16. The Kier molecular flexibility index (Phi) is 4.64. The summed E-state index contributed by atoms with van der Waals surface area (Å²) in [5.74, 6) is 2.05. The van der Waals surface area contributed by atoms with Gasteiger partial charge in [-0.15, -0.1) is 11.3 Å². The van der Waals surface area contributed by atoms with Crippen molar-refractivity contribution in [2.24, 2.45) is 11.3 Å². The van der Waals surface area contributed by atoms with Gasteiger partial charge in [0.05, 0.1) is 34.7 Å². The normalized spacial score (nSPS) is 20.0. The summed E-state index contributed by atoms with van der Waals surface area (Å²) in [4.78, 5) is 14.3. The molecule has 2 saturated carbocycles. The van der Waals surface area contributed by atoms with Gasteiger partial charge in [0.15, 0.2) is 0 Å². The van der Waals surface area contributed by atoms with Crippen LogP contribution in [-0.2, 0) is 0 Å². The molecule has 3 aromatic rings. The molecule has 4 N–H and O–H groups in total. The van der Waals surface area contributed by atoms with E-state index < -0.39 is 5.41 Å². The van der Waals surface area contributed by atoms with Crippen molar-refractivity contribution in [3.05, 3.63) is 30.0 Å². The number of anilines is 2. The van der Waals surface area contributed by atoms with Gasteiger partial charge >= 0.3 is 0 Å². The summed E-state index contributed by atoms with van der Waals surface area (Å²) in [6.07, 6.45) is 3.24. The average molecular weight is 412 g/mol. The summed E-state index contributed by atoms with van der Waals surface area (Å²) in [7, 11) is 0. The number of aromatic nitrogens is 3. The van der Waals surface area contributed by atoms with Gasteiger partial charge in [0.1, 0.15) is 10.8 Å². The molecule has 1 atom stereocenters. The number of rotatable bonds is 8. The van der Waals surface area contributed by atoms with E-state index in [4.69, 9.17) is 15.0 Å². The van der Waals surface area contributed by atoms with Crippen LogP contribution in [0, 0.1) is 18.3 Å². The molecule has 0 amide bonds. The summed E-state index contributed by atoms with van der Waals surface area (Å²) in [5, 5.41) is 27.1. The van der Waals surface area contributed by atoms with E-state index in [-0.39, 0.29) is 19.3 Å². The number of hydrogen-bond acceptors (Lipinski definition) is 8. The molecule has 0 bridgehead atoms. The van der Waals surface area contributed by atoms with Crippen LogP contribution in [0.5, 0.6) is 0 Å². The lowest BCUT2D eigenvalue weighted by atomic mass is 10.1. The first-order valence-electron chi connectivity index (χ1n) is 10.1. The first kappa shape index (κ1) is 18.7. The van der Waals surface area contributed by atoms with Crippen molar-refractivity contribution in [2.75, 3.05) is 30.4 Å². The van der Waals surface area contributed by atoms with Gasteiger partial charge in [-0.1, -0.05) is 12.1 Å². The van der Waals surface area contributed by atoms with Crippen LogP contribution in [0.4, 0.5) is 11.8 Å². The Morgan fingerprint density at radius 3 is 2.62 bits per heavy atom. The summed E-state index contributed by atoms with van der Waals surface area (Å²) in [5.41, 5.74) is 2.23. The molecule has 7 nitrogen and oxygen atoms in total. The summed E-state index contributed by atoms with van der Waals surface area (Å²) < 4.78 is 1.12. The Labute approximate surface area is 173 Å². The maximum atomic E-state index is 9.69. The van der Waals surface area contributed by atoms with Crippen molar-refractivity contribution in [3.63, 3.8) is 0 Å². The van der Waals surface area contributed by atoms with Crippen molar-refractivity contribution >= 4 is 33.3 Å². The quantitative estimate of drug-likeness (QED) is 0.452. The molecule has 29 heavy (non-hydrogen) atoms. The topological polar surface area (TPSA) is 103 Å². The standard InChI is InChI=1S/C21H25N5O2S/c1-12-17(19-24-14-4-2-3-5-15(14)29-19)18(25-16-8-21(16,10-27)11-28)26-20(23-12)22-9-13-6-7-13/h2-5,13,16,27-28H,6-11H2,1H3,(H2,22,23,25,26)/t16-/m1/s1. The van der Waals surface area contributed by atoms with Gasteiger partial charge in [-0.2, -0.15) is 4.98 Å². The first-order chi connectivity index (χ1) is 14.1. The zero-order chi connectivity index (χ0) is 20.0. The van der Waals surface area contributed by atoms with Gasteiger partial charge in [0, 0.05) is 18.0 Å². The molecule has 2 aliphatic rings. The zero-order valence-corrected chi connectivity index (χ0v) is 17.2. The molecule has 2 aromatic heterocycles. The fraction of sp³-hybridized carbons (Fsp3) is 0.476. The third-order valence-corrected chi connectivity index (χ3v) is 7.03. The van der Waals surface area contributed by atoms with Gasteiger partial charge in [-0.25, -0.2) is 9.97 Å². The number of nitrogens with zero attached hydrogens (tertiary/aromatic N) is 3. The third-order valence-electron chi connectivity index (χ3n) is 5.97. The number of nitrogens with one attached hydrogen (secondary N) is 2. The number of para-hydroxylation sites is 1. The van der Waals surface area contributed by atoms with Crippen LogP contribution in [0.1, 0.15) is 25.0 Å². The largest absolute Gasteiger partial charge is 0.396 e. The Morgan fingerprint density at radius 1 is 1.14 bits per heavy atom. The molecule has 0 saturated heterocycles. The SMILES string of the molecule is Cc1nc(NCC2CC2)nc(N[C@@H]2CC2(CO)CO)c1-c1nc2ccccc2s1. The molecule has 5 rings (SSSR count). The van der Waals surface area contributed by atoms with E-state index in [9.17, 15) is 10.2 Å². The molecular weight excluding hydrogens is 386 g/mol. The van der Waals surface area contributed by atoms with Gasteiger partial charge in [-0.05, 0) is 44.2 Å². The summed E-state index contributed by atoms with van der Waals surface area (Å²) >= 11 is 1.62. The Bertz CT molecular complexity index is 1010. The highest BCUT2D eigenvalue weighted by molar-refractivity contribution is 7.21. The summed E-state index contributed by atoms with van der Waals surface area (Å²) in [6.45, 7) is 2.78. The van der Waals surface area contributed by atoms with E-state index in [0.29, 0.717) is 18.2 Å². The Hall–Kier alpha value is -2.29. The van der Waals surface area contributed by atoms with Crippen molar-refractivity contribution < 1.29 is 10.2 Å². The van der Waals surface area contributed by atoms with Gasteiger partial charge in [0.25, 0.3) is 0 Å². The zero-order valence-electron chi connectivity index (χ0n) is 16.4. The van der Waals surface area contributed by atoms with Gasteiger partial charge in [-0.3, -0.25) is 0 Å². The molecule has 0 unspecified atom stereocenters. The minimum atomic E-state index is -0.481. The second-order valence-electron chi connectivity index (χ2n) is 8.25. The Morgan fingerprint density at radius 2 is 1.93 bits per heavy atom.